The highest BCUT2D eigenvalue weighted by Gasteiger charge is 2.43. The van der Waals surface area contributed by atoms with Crippen molar-refractivity contribution < 1.29 is 9.53 Å². The number of aromatic nitrogens is 4. The molecule has 0 aromatic carbocycles. The number of aryl methyl sites for hydroxylation is 1. The molecule has 7 nitrogen and oxygen atoms in total. The average molecular weight is 341 g/mol. The minimum Gasteiger partial charge on any atom is -0.377 e. The van der Waals surface area contributed by atoms with Gasteiger partial charge < -0.3 is 9.64 Å². The Hall–Kier alpha value is -2.28. The predicted molar refractivity (Wildman–Crippen MR) is 90.9 cm³/mol. The lowest BCUT2D eigenvalue weighted by Crippen LogP contribution is -2.44. The average Bonchev–Trinajstić information content (AvgIpc) is 3.23. The van der Waals surface area contributed by atoms with Gasteiger partial charge in [0.25, 0.3) is 5.91 Å². The van der Waals surface area contributed by atoms with Crippen LogP contribution in [-0.2, 0) is 18.2 Å². The van der Waals surface area contributed by atoms with E-state index < -0.39 is 0 Å². The van der Waals surface area contributed by atoms with Gasteiger partial charge in [-0.05, 0) is 36.3 Å². The fourth-order valence-electron chi connectivity index (χ4n) is 4.00. The molecule has 2 aromatic rings. The maximum Gasteiger partial charge on any atom is 0.272 e. The van der Waals surface area contributed by atoms with Crippen LogP contribution in [0, 0.1) is 5.41 Å². The Bertz CT molecular complexity index is 737. The highest BCUT2D eigenvalue weighted by Crippen LogP contribution is 2.42. The number of nitrogens with zero attached hydrogens (tertiary/aromatic N) is 5. The molecule has 132 valence electrons. The third-order valence-electron chi connectivity index (χ3n) is 5.51. The summed E-state index contributed by atoms with van der Waals surface area (Å²) in [5, 5.41) is 4.09. The van der Waals surface area contributed by atoms with Crippen LogP contribution in [0.2, 0.25) is 0 Å². The zero-order valence-electron chi connectivity index (χ0n) is 14.5. The van der Waals surface area contributed by atoms with Crippen molar-refractivity contribution in [3.05, 3.63) is 42.2 Å². The Labute approximate surface area is 147 Å². The SMILES string of the molecule is Cn1nccc1C(=O)N1CCC2(CC1)COC(Cc1cncnc1)C2. The molecule has 0 radical (unpaired) electrons. The minimum absolute atomic E-state index is 0.0757. The van der Waals surface area contributed by atoms with E-state index in [0.29, 0.717) is 5.69 Å². The maximum absolute atomic E-state index is 12.6. The number of likely N-dealkylation sites (tertiary alicyclic amines) is 1. The van der Waals surface area contributed by atoms with Crippen LogP contribution in [0.15, 0.2) is 31.0 Å². The molecule has 2 aliphatic rings. The number of rotatable bonds is 3. The summed E-state index contributed by atoms with van der Waals surface area (Å²) >= 11 is 0. The predicted octanol–water partition coefficient (Wildman–Crippen LogP) is 1.46. The number of carbonyl (C=O) groups is 1. The van der Waals surface area contributed by atoms with Crippen LogP contribution in [0.1, 0.15) is 35.3 Å². The molecule has 0 N–H and O–H groups in total. The Kier molecular flexibility index (Phi) is 4.25. The van der Waals surface area contributed by atoms with Gasteiger partial charge in [-0.15, -0.1) is 0 Å². The molecule has 4 heterocycles. The molecule has 7 heteroatoms. The normalized spacial score (nSPS) is 22.4. The van der Waals surface area contributed by atoms with Crippen LogP contribution >= 0.6 is 0 Å². The van der Waals surface area contributed by atoms with Crippen LogP contribution < -0.4 is 0 Å². The molecule has 2 fully saturated rings. The van der Waals surface area contributed by atoms with Crippen LogP contribution in [-0.4, -0.2) is 56.4 Å². The lowest BCUT2D eigenvalue weighted by Gasteiger charge is -2.38. The second-order valence-electron chi connectivity index (χ2n) is 7.22. The molecule has 1 unspecified atom stereocenters. The molecule has 4 rings (SSSR count). The van der Waals surface area contributed by atoms with E-state index in [-0.39, 0.29) is 17.4 Å². The molecule has 1 amide bonds. The van der Waals surface area contributed by atoms with Gasteiger partial charge in [-0.2, -0.15) is 5.10 Å². The van der Waals surface area contributed by atoms with Crippen molar-refractivity contribution in [3.8, 4) is 0 Å². The van der Waals surface area contributed by atoms with E-state index in [1.165, 1.54) is 0 Å². The topological polar surface area (TPSA) is 73.1 Å². The van der Waals surface area contributed by atoms with E-state index in [2.05, 4.69) is 15.1 Å². The summed E-state index contributed by atoms with van der Waals surface area (Å²) in [5.74, 6) is 0.0757. The summed E-state index contributed by atoms with van der Waals surface area (Å²) in [6.45, 7) is 2.36. The van der Waals surface area contributed by atoms with E-state index >= 15 is 0 Å². The molecule has 1 spiro atoms. The molecule has 0 saturated carbocycles. The second kappa shape index (κ2) is 6.55. The fraction of sp³-hybridized carbons (Fsp3) is 0.556. The summed E-state index contributed by atoms with van der Waals surface area (Å²) in [5.41, 5.74) is 1.98. The van der Waals surface area contributed by atoms with Crippen molar-refractivity contribution in [1.82, 2.24) is 24.6 Å². The highest BCUT2D eigenvalue weighted by atomic mass is 16.5. The van der Waals surface area contributed by atoms with Crippen molar-refractivity contribution in [3.63, 3.8) is 0 Å². The first kappa shape index (κ1) is 16.2. The molecular formula is C18H23N5O2. The van der Waals surface area contributed by atoms with Crippen molar-refractivity contribution in [2.45, 2.75) is 31.8 Å². The van der Waals surface area contributed by atoms with Crippen molar-refractivity contribution in [2.24, 2.45) is 12.5 Å². The van der Waals surface area contributed by atoms with Crippen LogP contribution in [0.3, 0.4) is 0 Å². The summed E-state index contributed by atoms with van der Waals surface area (Å²) in [7, 11) is 1.81. The first-order valence-corrected chi connectivity index (χ1v) is 8.78. The van der Waals surface area contributed by atoms with Gasteiger partial charge in [0, 0.05) is 45.1 Å². The third kappa shape index (κ3) is 3.28. The zero-order valence-corrected chi connectivity index (χ0v) is 14.5. The largest absolute Gasteiger partial charge is 0.377 e. The number of hydrogen-bond acceptors (Lipinski definition) is 5. The van der Waals surface area contributed by atoms with Gasteiger partial charge in [-0.1, -0.05) is 0 Å². The van der Waals surface area contributed by atoms with Gasteiger partial charge >= 0.3 is 0 Å². The van der Waals surface area contributed by atoms with Crippen LogP contribution in [0.5, 0.6) is 0 Å². The van der Waals surface area contributed by atoms with E-state index in [4.69, 9.17) is 4.74 Å². The van der Waals surface area contributed by atoms with Crippen LogP contribution in [0.25, 0.3) is 0 Å². The monoisotopic (exact) mass is 341 g/mol. The fourth-order valence-corrected chi connectivity index (χ4v) is 4.00. The highest BCUT2D eigenvalue weighted by molar-refractivity contribution is 5.92. The Morgan fingerprint density at radius 3 is 2.76 bits per heavy atom. The molecular weight excluding hydrogens is 318 g/mol. The van der Waals surface area contributed by atoms with Crippen molar-refractivity contribution in [1.29, 1.82) is 0 Å². The lowest BCUT2D eigenvalue weighted by atomic mass is 9.76. The molecule has 2 aromatic heterocycles. The summed E-state index contributed by atoms with van der Waals surface area (Å²) in [4.78, 5) is 22.7. The van der Waals surface area contributed by atoms with E-state index in [1.807, 2.05) is 17.3 Å². The van der Waals surface area contributed by atoms with Gasteiger partial charge in [-0.25, -0.2) is 9.97 Å². The van der Waals surface area contributed by atoms with Gasteiger partial charge in [0.15, 0.2) is 0 Å². The Balaban J connectivity index is 1.34. The molecule has 1 atom stereocenters. The molecule has 2 aliphatic heterocycles. The molecule has 2 saturated heterocycles. The molecule has 0 bridgehead atoms. The van der Waals surface area contributed by atoms with Gasteiger partial charge in [0.2, 0.25) is 0 Å². The maximum atomic E-state index is 12.6. The first-order valence-electron chi connectivity index (χ1n) is 8.78. The molecule has 0 aliphatic carbocycles. The number of amides is 1. The number of carbonyl (C=O) groups excluding carboxylic acids is 1. The van der Waals surface area contributed by atoms with Crippen LogP contribution in [0.4, 0.5) is 0 Å². The van der Waals surface area contributed by atoms with Crippen molar-refractivity contribution in [2.75, 3.05) is 19.7 Å². The Morgan fingerprint density at radius 2 is 2.08 bits per heavy atom. The van der Waals surface area contributed by atoms with Gasteiger partial charge in [0.05, 0.1) is 12.7 Å². The lowest BCUT2D eigenvalue weighted by molar-refractivity contribution is 0.0488. The van der Waals surface area contributed by atoms with Crippen molar-refractivity contribution >= 4 is 5.91 Å². The summed E-state index contributed by atoms with van der Waals surface area (Å²) in [6, 6.07) is 1.78. The zero-order chi connectivity index (χ0) is 17.3. The first-order chi connectivity index (χ1) is 12.2. The minimum atomic E-state index is 0.0757. The second-order valence-corrected chi connectivity index (χ2v) is 7.22. The Morgan fingerprint density at radius 1 is 1.32 bits per heavy atom. The van der Waals surface area contributed by atoms with E-state index in [0.717, 1.165) is 50.9 Å². The third-order valence-corrected chi connectivity index (χ3v) is 5.51. The molecule has 25 heavy (non-hydrogen) atoms. The summed E-state index contributed by atoms with van der Waals surface area (Å²) in [6.07, 6.45) is 11.1. The van der Waals surface area contributed by atoms with E-state index in [1.54, 1.807) is 30.3 Å². The number of hydrogen-bond donors (Lipinski definition) is 0. The number of piperidine rings is 1. The summed E-state index contributed by atoms with van der Waals surface area (Å²) < 4.78 is 7.71. The quantitative estimate of drug-likeness (QED) is 0.845. The van der Waals surface area contributed by atoms with Gasteiger partial charge in [0.1, 0.15) is 12.0 Å². The number of ether oxygens (including phenoxy) is 1. The van der Waals surface area contributed by atoms with Gasteiger partial charge in [-0.3, -0.25) is 9.48 Å². The van der Waals surface area contributed by atoms with E-state index in [9.17, 15) is 4.79 Å². The standard InChI is InChI=1S/C18H23N5O2/c1-22-16(2-5-21-22)17(24)23-6-3-18(4-7-23)9-15(25-12-18)8-14-10-19-13-20-11-14/h2,5,10-11,13,15H,3-4,6-9,12H2,1H3. The smallest absolute Gasteiger partial charge is 0.272 e.